The summed E-state index contributed by atoms with van der Waals surface area (Å²) in [6, 6.07) is 12.8. The van der Waals surface area contributed by atoms with Crippen LogP contribution in [-0.2, 0) is 17.8 Å². The molecule has 1 aliphatic rings. The summed E-state index contributed by atoms with van der Waals surface area (Å²) in [6.07, 6.45) is 0.852. The minimum atomic E-state index is -0.154. The molecule has 1 heterocycles. The topological polar surface area (TPSA) is 49.4 Å². The molecular weight excluding hydrogens is 312 g/mol. The van der Waals surface area contributed by atoms with Crippen LogP contribution >= 0.6 is 11.6 Å². The first-order valence-corrected chi connectivity index (χ1v) is 7.86. The van der Waals surface area contributed by atoms with Crippen molar-refractivity contribution in [2.75, 3.05) is 11.4 Å². The van der Waals surface area contributed by atoms with Gasteiger partial charge in [-0.2, -0.15) is 0 Å². The van der Waals surface area contributed by atoms with Crippen molar-refractivity contribution in [3.8, 4) is 0 Å². The van der Waals surface area contributed by atoms with E-state index in [1.165, 1.54) is 0 Å². The Hall–Kier alpha value is -2.33. The summed E-state index contributed by atoms with van der Waals surface area (Å²) in [6.45, 7) is 2.75. The number of hydrogen-bond donors (Lipinski definition) is 1. The number of carbonyl (C=O) groups is 2. The van der Waals surface area contributed by atoms with Gasteiger partial charge in [-0.25, -0.2) is 0 Å². The molecular formula is C18H17ClN2O2. The largest absolute Gasteiger partial charge is 0.348 e. The van der Waals surface area contributed by atoms with Gasteiger partial charge >= 0.3 is 0 Å². The van der Waals surface area contributed by atoms with Crippen LogP contribution in [0.5, 0.6) is 0 Å². The van der Waals surface area contributed by atoms with Crippen molar-refractivity contribution in [3.05, 3.63) is 64.2 Å². The second kappa shape index (κ2) is 6.42. The van der Waals surface area contributed by atoms with Gasteiger partial charge in [0, 0.05) is 36.3 Å². The van der Waals surface area contributed by atoms with E-state index in [-0.39, 0.29) is 11.8 Å². The molecule has 23 heavy (non-hydrogen) atoms. The number of anilines is 1. The predicted octanol–water partition coefficient (Wildman–Crippen LogP) is 3.18. The van der Waals surface area contributed by atoms with Gasteiger partial charge < -0.3 is 10.2 Å². The molecule has 0 spiro atoms. The van der Waals surface area contributed by atoms with E-state index in [2.05, 4.69) is 11.4 Å². The van der Waals surface area contributed by atoms with Crippen LogP contribution in [0.15, 0.2) is 42.5 Å². The quantitative estimate of drug-likeness (QED) is 0.940. The Labute approximate surface area is 140 Å². The summed E-state index contributed by atoms with van der Waals surface area (Å²) in [5.74, 6) is -0.0934. The second-order valence-electron chi connectivity index (χ2n) is 5.58. The van der Waals surface area contributed by atoms with Crippen LogP contribution in [0.2, 0.25) is 5.02 Å². The Morgan fingerprint density at radius 1 is 1.22 bits per heavy atom. The van der Waals surface area contributed by atoms with Crippen LogP contribution in [0.1, 0.15) is 28.4 Å². The summed E-state index contributed by atoms with van der Waals surface area (Å²) < 4.78 is 0. The SMILES string of the molecule is CC(=O)N1CCc2cc(CNC(=O)c3cccc(Cl)c3)ccc21. The minimum Gasteiger partial charge on any atom is -0.348 e. The van der Waals surface area contributed by atoms with Crippen LogP contribution in [-0.4, -0.2) is 18.4 Å². The van der Waals surface area contributed by atoms with E-state index in [0.717, 1.165) is 29.8 Å². The zero-order valence-electron chi connectivity index (χ0n) is 12.8. The van der Waals surface area contributed by atoms with Crippen molar-refractivity contribution in [2.24, 2.45) is 0 Å². The highest BCUT2D eigenvalue weighted by atomic mass is 35.5. The fourth-order valence-electron chi connectivity index (χ4n) is 2.81. The molecule has 1 aliphatic heterocycles. The molecule has 0 bridgehead atoms. The lowest BCUT2D eigenvalue weighted by Crippen LogP contribution is -2.25. The van der Waals surface area contributed by atoms with Crippen molar-refractivity contribution >= 4 is 29.1 Å². The standard InChI is InChI=1S/C18H17ClN2O2/c1-12(22)21-8-7-14-9-13(5-6-17(14)21)11-20-18(23)15-3-2-4-16(19)10-15/h2-6,9-10H,7-8,11H2,1H3,(H,20,23). The van der Waals surface area contributed by atoms with Crippen molar-refractivity contribution in [3.63, 3.8) is 0 Å². The number of benzene rings is 2. The van der Waals surface area contributed by atoms with Crippen molar-refractivity contribution in [2.45, 2.75) is 19.9 Å². The van der Waals surface area contributed by atoms with E-state index in [4.69, 9.17) is 11.6 Å². The highest BCUT2D eigenvalue weighted by Gasteiger charge is 2.22. The minimum absolute atomic E-state index is 0.0609. The molecule has 4 nitrogen and oxygen atoms in total. The second-order valence-corrected chi connectivity index (χ2v) is 6.01. The third-order valence-corrected chi connectivity index (χ3v) is 4.19. The molecule has 0 unspecified atom stereocenters. The van der Waals surface area contributed by atoms with E-state index in [1.807, 2.05) is 12.1 Å². The fourth-order valence-corrected chi connectivity index (χ4v) is 3.00. The monoisotopic (exact) mass is 328 g/mol. The molecule has 118 valence electrons. The van der Waals surface area contributed by atoms with Crippen molar-refractivity contribution < 1.29 is 9.59 Å². The smallest absolute Gasteiger partial charge is 0.251 e. The Morgan fingerprint density at radius 2 is 2.04 bits per heavy atom. The molecule has 2 amide bonds. The maximum atomic E-state index is 12.1. The number of rotatable bonds is 3. The number of halogens is 1. The lowest BCUT2D eigenvalue weighted by Gasteiger charge is -2.15. The van der Waals surface area contributed by atoms with Crippen LogP contribution in [0.25, 0.3) is 0 Å². The zero-order valence-corrected chi connectivity index (χ0v) is 13.6. The van der Waals surface area contributed by atoms with Gasteiger partial charge in [0.25, 0.3) is 5.91 Å². The number of nitrogens with one attached hydrogen (secondary N) is 1. The summed E-state index contributed by atoms with van der Waals surface area (Å²) >= 11 is 5.90. The first-order chi connectivity index (χ1) is 11.0. The summed E-state index contributed by atoms with van der Waals surface area (Å²) in [4.78, 5) is 25.5. The zero-order chi connectivity index (χ0) is 16.4. The van der Waals surface area contributed by atoms with Gasteiger partial charge in [0.1, 0.15) is 0 Å². The van der Waals surface area contributed by atoms with Gasteiger partial charge in [-0.3, -0.25) is 9.59 Å². The Balaban J connectivity index is 1.68. The van der Waals surface area contributed by atoms with E-state index < -0.39 is 0 Å². The fraction of sp³-hybridized carbons (Fsp3) is 0.222. The van der Waals surface area contributed by atoms with Crippen LogP contribution < -0.4 is 10.2 Å². The molecule has 0 saturated heterocycles. The number of amides is 2. The number of hydrogen-bond acceptors (Lipinski definition) is 2. The summed E-state index contributed by atoms with van der Waals surface area (Å²) in [5.41, 5.74) is 3.68. The molecule has 0 atom stereocenters. The molecule has 0 fully saturated rings. The third-order valence-electron chi connectivity index (χ3n) is 3.96. The Bertz CT molecular complexity index is 773. The number of nitrogens with zero attached hydrogens (tertiary/aromatic N) is 1. The maximum Gasteiger partial charge on any atom is 0.251 e. The van der Waals surface area contributed by atoms with E-state index in [1.54, 1.807) is 36.1 Å². The molecule has 2 aromatic rings. The lowest BCUT2D eigenvalue weighted by atomic mass is 10.1. The molecule has 0 radical (unpaired) electrons. The summed E-state index contributed by atoms with van der Waals surface area (Å²) in [5, 5.41) is 3.43. The van der Waals surface area contributed by atoms with Gasteiger partial charge in [-0.05, 0) is 41.8 Å². The molecule has 0 saturated carbocycles. The Morgan fingerprint density at radius 3 is 2.78 bits per heavy atom. The van der Waals surface area contributed by atoms with Crippen molar-refractivity contribution in [1.82, 2.24) is 5.32 Å². The van der Waals surface area contributed by atoms with Gasteiger partial charge in [0.15, 0.2) is 0 Å². The van der Waals surface area contributed by atoms with E-state index in [9.17, 15) is 9.59 Å². The van der Waals surface area contributed by atoms with Crippen molar-refractivity contribution in [1.29, 1.82) is 0 Å². The Kier molecular flexibility index (Phi) is 4.35. The van der Waals surface area contributed by atoms with E-state index >= 15 is 0 Å². The molecule has 5 heteroatoms. The normalized spacial score (nSPS) is 12.9. The maximum absolute atomic E-state index is 12.1. The summed E-state index contributed by atoms with van der Waals surface area (Å²) in [7, 11) is 0. The average molecular weight is 329 g/mol. The molecule has 2 aromatic carbocycles. The first-order valence-electron chi connectivity index (χ1n) is 7.48. The number of carbonyl (C=O) groups excluding carboxylic acids is 2. The average Bonchev–Trinajstić information content (AvgIpc) is 2.96. The first kappa shape index (κ1) is 15.6. The predicted molar refractivity (Wildman–Crippen MR) is 90.8 cm³/mol. The van der Waals surface area contributed by atoms with Gasteiger partial charge in [0.05, 0.1) is 0 Å². The molecule has 0 aromatic heterocycles. The van der Waals surface area contributed by atoms with Gasteiger partial charge in [-0.1, -0.05) is 29.8 Å². The van der Waals surface area contributed by atoms with Crippen LogP contribution in [0.3, 0.4) is 0 Å². The van der Waals surface area contributed by atoms with E-state index in [0.29, 0.717) is 17.1 Å². The van der Waals surface area contributed by atoms with Crippen LogP contribution in [0, 0.1) is 0 Å². The van der Waals surface area contributed by atoms with Gasteiger partial charge in [-0.15, -0.1) is 0 Å². The van der Waals surface area contributed by atoms with Crippen LogP contribution in [0.4, 0.5) is 5.69 Å². The number of fused-ring (bicyclic) bond motifs is 1. The third kappa shape index (κ3) is 3.37. The highest BCUT2D eigenvalue weighted by molar-refractivity contribution is 6.30. The molecule has 1 N–H and O–H groups in total. The highest BCUT2D eigenvalue weighted by Crippen LogP contribution is 2.28. The molecule has 0 aliphatic carbocycles. The lowest BCUT2D eigenvalue weighted by molar-refractivity contribution is -0.116. The van der Waals surface area contributed by atoms with Gasteiger partial charge in [0.2, 0.25) is 5.91 Å². The molecule has 3 rings (SSSR count).